The topological polar surface area (TPSA) is 91.7 Å². The number of nitrogens with zero attached hydrogens (tertiary/aromatic N) is 2. The van der Waals surface area contributed by atoms with Crippen LogP contribution < -0.4 is 25.1 Å². The lowest BCUT2D eigenvalue weighted by molar-refractivity contribution is 0.0947. The summed E-state index contributed by atoms with van der Waals surface area (Å²) in [5.41, 5.74) is 0.399. The molecule has 0 saturated carbocycles. The largest absolute Gasteiger partial charge is 0.496 e. The molecule has 0 aliphatic carbocycles. The van der Waals surface area contributed by atoms with Crippen molar-refractivity contribution in [1.29, 1.82) is 0 Å². The Bertz CT molecular complexity index is 897. The Kier molecular flexibility index (Phi) is 5.36. The number of carbonyl (C=O) groups excluding carboxylic acids is 1. The third-order valence-corrected chi connectivity index (χ3v) is 5.00. The maximum Gasteiger partial charge on any atom is 0.267 e. The van der Waals surface area contributed by atoms with Gasteiger partial charge in [-0.3, -0.25) is 14.2 Å². The Balaban J connectivity index is 1.81. The fraction of sp³-hybridized carbons (Fsp3) is 0.353. The molecule has 1 aliphatic rings. The van der Waals surface area contributed by atoms with Gasteiger partial charge in [0.05, 0.1) is 21.3 Å². The van der Waals surface area contributed by atoms with Gasteiger partial charge in [-0.2, -0.15) is 0 Å². The third-order valence-electron chi connectivity index (χ3n) is 4.03. The van der Waals surface area contributed by atoms with Crippen LogP contribution in [0.5, 0.6) is 17.2 Å². The van der Waals surface area contributed by atoms with Crippen molar-refractivity contribution in [2.24, 2.45) is 0 Å². The number of carbonyl (C=O) groups is 1. The zero-order valence-electron chi connectivity index (χ0n) is 14.7. The van der Waals surface area contributed by atoms with Crippen molar-refractivity contribution in [2.45, 2.75) is 18.2 Å². The molecule has 9 heteroatoms. The highest BCUT2D eigenvalue weighted by Gasteiger charge is 2.20. The van der Waals surface area contributed by atoms with Crippen molar-refractivity contribution in [3.05, 3.63) is 39.8 Å². The molecule has 3 rings (SSSR count). The molecule has 1 amide bonds. The van der Waals surface area contributed by atoms with Crippen molar-refractivity contribution in [1.82, 2.24) is 14.9 Å². The van der Waals surface area contributed by atoms with Crippen LogP contribution in [0.3, 0.4) is 0 Å². The number of hydrogen-bond donors (Lipinski definition) is 1. The van der Waals surface area contributed by atoms with E-state index in [2.05, 4.69) is 10.3 Å². The number of ether oxygens (including phenoxy) is 3. The number of methoxy groups -OCH3 is 3. The van der Waals surface area contributed by atoms with E-state index in [-0.39, 0.29) is 17.7 Å². The Hall–Kier alpha value is -2.68. The molecule has 1 aromatic heterocycles. The predicted molar refractivity (Wildman–Crippen MR) is 96.5 cm³/mol. The second kappa shape index (κ2) is 7.69. The minimum atomic E-state index is -0.480. The molecule has 0 fully saturated rings. The molecule has 2 heterocycles. The molecule has 1 aliphatic heterocycles. The molecule has 1 N–H and O–H groups in total. The van der Waals surface area contributed by atoms with E-state index >= 15 is 0 Å². The fourth-order valence-electron chi connectivity index (χ4n) is 2.67. The summed E-state index contributed by atoms with van der Waals surface area (Å²) in [6.45, 7) is 0.731. The first kappa shape index (κ1) is 18.1. The van der Waals surface area contributed by atoms with E-state index in [9.17, 15) is 9.59 Å². The first-order valence-corrected chi connectivity index (χ1v) is 8.87. The van der Waals surface area contributed by atoms with Crippen LogP contribution in [0, 0.1) is 0 Å². The van der Waals surface area contributed by atoms with E-state index in [1.807, 2.05) is 0 Å². The smallest absolute Gasteiger partial charge is 0.267 e. The van der Waals surface area contributed by atoms with Gasteiger partial charge >= 0.3 is 0 Å². The van der Waals surface area contributed by atoms with Gasteiger partial charge in [-0.25, -0.2) is 4.98 Å². The first-order chi connectivity index (χ1) is 12.6. The van der Waals surface area contributed by atoms with Crippen LogP contribution in [-0.4, -0.2) is 42.5 Å². The molecule has 0 saturated heterocycles. The Labute approximate surface area is 154 Å². The summed E-state index contributed by atoms with van der Waals surface area (Å²) in [7, 11) is 4.59. The number of nitrogens with one attached hydrogen (secondary N) is 1. The summed E-state index contributed by atoms with van der Waals surface area (Å²) in [5, 5.41) is 3.38. The van der Waals surface area contributed by atoms with Crippen molar-refractivity contribution in [3.63, 3.8) is 0 Å². The first-order valence-electron chi connectivity index (χ1n) is 7.88. The van der Waals surface area contributed by atoms with Crippen molar-refractivity contribution < 1.29 is 19.0 Å². The van der Waals surface area contributed by atoms with Crippen LogP contribution in [0.4, 0.5) is 0 Å². The Morgan fingerprint density at radius 2 is 1.88 bits per heavy atom. The lowest BCUT2D eigenvalue weighted by Gasteiger charge is -2.14. The maximum absolute atomic E-state index is 12.4. The average molecular weight is 377 g/mol. The summed E-state index contributed by atoms with van der Waals surface area (Å²) in [6.07, 6.45) is 1.33. The van der Waals surface area contributed by atoms with Crippen molar-refractivity contribution >= 4 is 17.7 Å². The van der Waals surface area contributed by atoms with Crippen LogP contribution in [0.25, 0.3) is 0 Å². The highest BCUT2D eigenvalue weighted by Crippen LogP contribution is 2.34. The molecule has 1 aromatic carbocycles. The number of amides is 1. The second-order valence-corrected chi connectivity index (χ2v) is 6.52. The van der Waals surface area contributed by atoms with E-state index in [1.165, 1.54) is 43.9 Å². The third kappa shape index (κ3) is 3.34. The number of hydrogen-bond acceptors (Lipinski definition) is 7. The molecule has 26 heavy (non-hydrogen) atoms. The summed E-state index contributed by atoms with van der Waals surface area (Å²) in [6, 6.07) is 3.41. The van der Waals surface area contributed by atoms with Crippen LogP contribution >= 0.6 is 11.8 Å². The highest BCUT2D eigenvalue weighted by molar-refractivity contribution is 7.99. The molecule has 8 nitrogen and oxygen atoms in total. The van der Waals surface area contributed by atoms with Crippen molar-refractivity contribution in [3.8, 4) is 17.2 Å². The summed E-state index contributed by atoms with van der Waals surface area (Å²) < 4.78 is 17.4. The zero-order valence-corrected chi connectivity index (χ0v) is 15.5. The normalized spacial score (nSPS) is 12.4. The minimum Gasteiger partial charge on any atom is -0.496 e. The number of fused-ring (bicyclic) bond motifs is 1. The lowest BCUT2D eigenvalue weighted by Crippen LogP contribution is -2.33. The van der Waals surface area contributed by atoms with E-state index in [0.29, 0.717) is 34.5 Å². The van der Waals surface area contributed by atoms with Crippen LogP contribution in [0.15, 0.2) is 28.3 Å². The summed E-state index contributed by atoms with van der Waals surface area (Å²) in [5.74, 6) is 1.90. The Morgan fingerprint density at radius 3 is 2.58 bits per heavy atom. The van der Waals surface area contributed by atoms with Gasteiger partial charge in [0.2, 0.25) is 0 Å². The molecule has 0 atom stereocenters. The van der Waals surface area contributed by atoms with Gasteiger partial charge in [0.25, 0.3) is 11.5 Å². The number of benzene rings is 1. The molecular formula is C17H19N3O5S. The lowest BCUT2D eigenvalue weighted by atomic mass is 10.1. The summed E-state index contributed by atoms with van der Waals surface area (Å²) in [4.78, 5) is 29.0. The second-order valence-electron chi connectivity index (χ2n) is 5.46. The average Bonchev–Trinajstić information content (AvgIpc) is 3.15. The van der Waals surface area contributed by atoms with E-state index in [4.69, 9.17) is 14.2 Å². The Morgan fingerprint density at radius 1 is 1.19 bits per heavy atom. The number of thioether (sulfide) groups is 1. The van der Waals surface area contributed by atoms with E-state index in [1.54, 1.807) is 12.1 Å². The monoisotopic (exact) mass is 377 g/mol. The molecular weight excluding hydrogens is 358 g/mol. The zero-order chi connectivity index (χ0) is 18.7. The fourth-order valence-corrected chi connectivity index (χ4v) is 3.59. The van der Waals surface area contributed by atoms with E-state index in [0.717, 1.165) is 5.75 Å². The number of aromatic nitrogens is 2. The predicted octanol–water partition coefficient (Wildman–Crippen LogP) is 1.30. The van der Waals surface area contributed by atoms with Gasteiger partial charge in [-0.1, -0.05) is 11.8 Å². The van der Waals surface area contributed by atoms with Gasteiger partial charge in [0.1, 0.15) is 11.3 Å². The molecule has 138 valence electrons. The highest BCUT2D eigenvalue weighted by atomic mass is 32.2. The standard InChI is InChI=1S/C17H19N3O5S/c1-23-12-7-14(25-3)13(24-2)6-10(12)8-18-15(21)11-9-19-17-20(16(11)22)4-5-26-17/h6-7,9H,4-5,8H2,1-3H3,(H,18,21). The van der Waals surface area contributed by atoms with Gasteiger partial charge in [0.15, 0.2) is 16.7 Å². The summed E-state index contributed by atoms with van der Waals surface area (Å²) >= 11 is 1.50. The minimum absolute atomic E-state index is 0.0238. The molecule has 0 spiro atoms. The van der Waals surface area contributed by atoms with Gasteiger partial charge in [-0.15, -0.1) is 0 Å². The number of rotatable bonds is 6. The molecule has 2 aromatic rings. The quantitative estimate of drug-likeness (QED) is 0.759. The molecule has 0 bridgehead atoms. The maximum atomic E-state index is 12.4. The van der Waals surface area contributed by atoms with Gasteiger partial charge < -0.3 is 19.5 Å². The van der Waals surface area contributed by atoms with E-state index < -0.39 is 5.91 Å². The van der Waals surface area contributed by atoms with Crippen molar-refractivity contribution in [2.75, 3.05) is 27.1 Å². The van der Waals surface area contributed by atoms with Gasteiger partial charge in [0, 0.05) is 36.7 Å². The van der Waals surface area contributed by atoms with Crippen LogP contribution in [0.1, 0.15) is 15.9 Å². The van der Waals surface area contributed by atoms with Crippen LogP contribution in [0.2, 0.25) is 0 Å². The SMILES string of the molecule is COc1cc(OC)c(OC)cc1CNC(=O)c1cnc2n(c1=O)CCS2. The molecule has 0 radical (unpaired) electrons. The van der Waals surface area contributed by atoms with Crippen LogP contribution in [-0.2, 0) is 13.1 Å². The van der Waals surface area contributed by atoms with Gasteiger partial charge in [-0.05, 0) is 6.07 Å². The molecule has 0 unspecified atom stereocenters.